The zero-order chi connectivity index (χ0) is 17.6. The van der Waals surface area contributed by atoms with Crippen molar-refractivity contribution in [1.29, 1.82) is 0 Å². The van der Waals surface area contributed by atoms with Gasteiger partial charge in [0.2, 0.25) is 15.9 Å². The van der Waals surface area contributed by atoms with Gasteiger partial charge in [-0.15, -0.1) is 0 Å². The average Bonchev–Trinajstić information content (AvgIpc) is 2.62. The van der Waals surface area contributed by atoms with Gasteiger partial charge in [0.05, 0.1) is 17.5 Å². The van der Waals surface area contributed by atoms with Crippen LogP contribution in [0.5, 0.6) is 0 Å². The number of piperazine rings is 1. The van der Waals surface area contributed by atoms with Crippen LogP contribution in [0, 0.1) is 5.82 Å². The molecular formula is C18H17FN2O3S. The molecule has 0 aromatic heterocycles. The van der Waals surface area contributed by atoms with Crippen LogP contribution in [0.4, 0.5) is 4.39 Å². The van der Waals surface area contributed by atoms with Crippen LogP contribution < -0.4 is 0 Å². The van der Waals surface area contributed by atoms with Crippen LogP contribution in [0.3, 0.4) is 0 Å². The van der Waals surface area contributed by atoms with E-state index in [0.29, 0.717) is 6.54 Å². The highest BCUT2D eigenvalue weighted by Crippen LogP contribution is 2.34. The number of sulfonamides is 1. The Labute approximate surface area is 145 Å². The van der Waals surface area contributed by atoms with Gasteiger partial charge >= 0.3 is 0 Å². The van der Waals surface area contributed by atoms with E-state index in [-0.39, 0.29) is 29.9 Å². The fourth-order valence-corrected chi connectivity index (χ4v) is 4.98. The van der Waals surface area contributed by atoms with Crippen molar-refractivity contribution in [3.63, 3.8) is 0 Å². The lowest BCUT2D eigenvalue weighted by Crippen LogP contribution is -2.55. The smallest absolute Gasteiger partial charge is 0.243 e. The number of halogens is 1. The highest BCUT2D eigenvalue weighted by molar-refractivity contribution is 7.89. The van der Waals surface area contributed by atoms with Crippen molar-refractivity contribution in [1.82, 2.24) is 9.21 Å². The highest BCUT2D eigenvalue weighted by atomic mass is 32.2. The molecule has 0 saturated carbocycles. The van der Waals surface area contributed by atoms with Gasteiger partial charge in [-0.05, 0) is 41.8 Å². The first-order valence-corrected chi connectivity index (χ1v) is 9.54. The number of amides is 1. The minimum Gasteiger partial charge on any atom is -0.333 e. The summed E-state index contributed by atoms with van der Waals surface area (Å²) in [5, 5.41) is 0. The number of hydrogen-bond donors (Lipinski definition) is 0. The van der Waals surface area contributed by atoms with Crippen molar-refractivity contribution in [2.24, 2.45) is 0 Å². The lowest BCUT2D eigenvalue weighted by molar-refractivity contribution is -0.138. The summed E-state index contributed by atoms with van der Waals surface area (Å²) in [6.07, 6.45) is 0.781. The minimum absolute atomic E-state index is 0.000699. The second-order valence-electron chi connectivity index (χ2n) is 6.30. The molecule has 130 valence electrons. The lowest BCUT2D eigenvalue weighted by atomic mass is 9.91. The molecule has 7 heteroatoms. The Bertz CT molecular complexity index is 928. The van der Waals surface area contributed by atoms with E-state index < -0.39 is 15.8 Å². The number of fused-ring (bicyclic) bond motifs is 3. The maximum absolute atomic E-state index is 13.1. The predicted octanol–water partition coefficient (Wildman–Crippen LogP) is 1.96. The van der Waals surface area contributed by atoms with Crippen molar-refractivity contribution < 1.29 is 17.6 Å². The van der Waals surface area contributed by atoms with Gasteiger partial charge in [0.25, 0.3) is 0 Å². The third-order valence-corrected chi connectivity index (χ3v) is 6.70. The molecule has 5 nitrogen and oxygen atoms in total. The van der Waals surface area contributed by atoms with Gasteiger partial charge < -0.3 is 4.90 Å². The Kier molecular flexibility index (Phi) is 3.85. The van der Waals surface area contributed by atoms with Crippen molar-refractivity contribution >= 4 is 15.9 Å². The van der Waals surface area contributed by atoms with Gasteiger partial charge in [0.15, 0.2) is 0 Å². The molecule has 0 spiro atoms. The Balaban J connectivity index is 1.70. The molecule has 0 bridgehead atoms. The zero-order valence-electron chi connectivity index (χ0n) is 13.4. The summed E-state index contributed by atoms with van der Waals surface area (Å²) >= 11 is 0. The maximum Gasteiger partial charge on any atom is 0.243 e. The van der Waals surface area contributed by atoms with Crippen molar-refractivity contribution in [3.05, 3.63) is 65.5 Å². The highest BCUT2D eigenvalue weighted by Gasteiger charge is 2.41. The number of rotatable bonds is 2. The molecule has 2 aliphatic rings. The number of carbonyl (C=O) groups excluding carboxylic acids is 1. The fourth-order valence-electron chi connectivity index (χ4n) is 3.58. The van der Waals surface area contributed by atoms with Crippen molar-refractivity contribution in [2.45, 2.75) is 17.4 Å². The molecule has 1 fully saturated rings. The molecule has 1 atom stereocenters. The summed E-state index contributed by atoms with van der Waals surface area (Å²) in [5.41, 5.74) is 2.15. The summed E-state index contributed by atoms with van der Waals surface area (Å²) < 4.78 is 40.0. The van der Waals surface area contributed by atoms with Crippen molar-refractivity contribution in [3.8, 4) is 0 Å². The van der Waals surface area contributed by atoms with Crippen LogP contribution in [0.2, 0.25) is 0 Å². The van der Waals surface area contributed by atoms with E-state index in [9.17, 15) is 17.6 Å². The van der Waals surface area contributed by atoms with Crippen LogP contribution in [-0.4, -0.2) is 43.2 Å². The van der Waals surface area contributed by atoms with Crippen LogP contribution >= 0.6 is 0 Å². The Morgan fingerprint density at radius 2 is 1.76 bits per heavy atom. The maximum atomic E-state index is 13.1. The van der Waals surface area contributed by atoms with Crippen LogP contribution in [-0.2, 0) is 21.2 Å². The van der Waals surface area contributed by atoms with Gasteiger partial charge in [-0.1, -0.05) is 24.3 Å². The Morgan fingerprint density at radius 3 is 2.52 bits per heavy atom. The number of nitrogens with zero attached hydrogens (tertiary/aromatic N) is 2. The second kappa shape index (κ2) is 5.93. The Hall–Kier alpha value is -2.25. The second-order valence-corrected chi connectivity index (χ2v) is 8.24. The first-order chi connectivity index (χ1) is 12.0. The SMILES string of the molecule is O=C1CN(S(=O)(=O)c2ccc(F)cc2)CC2c3ccccc3CCN12. The summed E-state index contributed by atoms with van der Waals surface area (Å²) in [5.74, 6) is -0.697. The third-order valence-electron chi connectivity index (χ3n) is 4.87. The molecule has 1 saturated heterocycles. The molecule has 2 aromatic carbocycles. The van der Waals surface area contributed by atoms with Gasteiger partial charge in [-0.3, -0.25) is 4.79 Å². The van der Waals surface area contributed by atoms with Gasteiger partial charge in [0, 0.05) is 13.1 Å². The number of benzene rings is 2. The first-order valence-electron chi connectivity index (χ1n) is 8.10. The van der Waals surface area contributed by atoms with E-state index in [2.05, 4.69) is 0 Å². The van der Waals surface area contributed by atoms with Crippen LogP contribution in [0.1, 0.15) is 17.2 Å². The summed E-state index contributed by atoms with van der Waals surface area (Å²) in [6.45, 7) is 0.631. The van der Waals surface area contributed by atoms with E-state index >= 15 is 0 Å². The molecule has 2 heterocycles. The van der Waals surface area contributed by atoms with Gasteiger partial charge in [0.1, 0.15) is 5.82 Å². The summed E-state index contributed by atoms with van der Waals surface area (Å²) in [7, 11) is -3.85. The third kappa shape index (κ3) is 2.73. The standard InChI is InChI=1S/C18H17FN2O3S/c19-14-5-7-15(8-6-14)25(23,24)20-11-17-16-4-2-1-3-13(16)9-10-21(17)18(22)12-20/h1-8,17H,9-12H2. The van der Waals surface area contributed by atoms with Crippen LogP contribution in [0.15, 0.2) is 53.4 Å². The molecule has 1 unspecified atom stereocenters. The van der Waals surface area contributed by atoms with Gasteiger partial charge in [-0.2, -0.15) is 4.31 Å². The number of hydrogen-bond acceptors (Lipinski definition) is 3. The molecule has 0 radical (unpaired) electrons. The normalized spacial score (nSPS) is 20.9. The molecule has 0 aliphatic carbocycles. The fraction of sp³-hybridized carbons (Fsp3) is 0.278. The largest absolute Gasteiger partial charge is 0.333 e. The average molecular weight is 360 g/mol. The topological polar surface area (TPSA) is 57.7 Å². The molecule has 25 heavy (non-hydrogen) atoms. The lowest BCUT2D eigenvalue weighted by Gasteiger charge is -2.44. The molecule has 0 N–H and O–H groups in total. The predicted molar refractivity (Wildman–Crippen MR) is 89.8 cm³/mol. The monoisotopic (exact) mass is 360 g/mol. The molecule has 2 aromatic rings. The number of carbonyl (C=O) groups is 1. The molecule has 4 rings (SSSR count). The minimum atomic E-state index is -3.85. The van der Waals surface area contributed by atoms with E-state index in [1.54, 1.807) is 4.90 Å². The van der Waals surface area contributed by atoms with E-state index in [1.165, 1.54) is 16.4 Å². The first kappa shape index (κ1) is 16.2. The van der Waals surface area contributed by atoms with E-state index in [4.69, 9.17) is 0 Å². The Morgan fingerprint density at radius 1 is 1.04 bits per heavy atom. The van der Waals surface area contributed by atoms with Crippen LogP contribution in [0.25, 0.3) is 0 Å². The van der Waals surface area contributed by atoms with E-state index in [0.717, 1.165) is 29.7 Å². The van der Waals surface area contributed by atoms with Gasteiger partial charge in [-0.25, -0.2) is 12.8 Å². The summed E-state index contributed by atoms with van der Waals surface area (Å²) in [6, 6.07) is 12.2. The summed E-state index contributed by atoms with van der Waals surface area (Å²) in [4.78, 5) is 14.3. The van der Waals surface area contributed by atoms with Crippen molar-refractivity contribution in [2.75, 3.05) is 19.6 Å². The molecule has 1 amide bonds. The zero-order valence-corrected chi connectivity index (χ0v) is 14.2. The molecular weight excluding hydrogens is 343 g/mol. The molecule has 2 aliphatic heterocycles. The quantitative estimate of drug-likeness (QED) is 0.823. The van der Waals surface area contributed by atoms with E-state index in [1.807, 2.05) is 24.3 Å².